The lowest BCUT2D eigenvalue weighted by Crippen LogP contribution is -2.65. The number of esters is 1. The van der Waals surface area contributed by atoms with Gasteiger partial charge in [-0.3, -0.25) is 19.2 Å². The summed E-state index contributed by atoms with van der Waals surface area (Å²) in [6.45, 7) is 7.49. The highest BCUT2D eigenvalue weighted by Crippen LogP contribution is 2.34. The molecular weight excluding hydrogens is 948 g/mol. The number of nitrogens with zero attached hydrogens (tertiary/aromatic N) is 6. The Balaban J connectivity index is 1.15. The number of hydrogen-bond acceptors (Lipinski definition) is 11. The first-order valence-electron chi connectivity index (χ1n) is 23.7. The van der Waals surface area contributed by atoms with Gasteiger partial charge in [0.1, 0.15) is 29.0 Å². The van der Waals surface area contributed by atoms with Crippen LogP contribution in [0.25, 0.3) is 11.3 Å². The molecule has 0 aliphatic carbocycles. The van der Waals surface area contributed by atoms with Crippen LogP contribution in [0.1, 0.15) is 69.6 Å². The number of ether oxygens (including phenoxy) is 2. The predicted octanol–water partition coefficient (Wildman–Crippen LogP) is 6.49. The van der Waals surface area contributed by atoms with Crippen LogP contribution >= 0.6 is 23.2 Å². The number of hydrogen-bond donors (Lipinski definition) is 3. The number of aliphatic hydroxyl groups excluding tert-OH is 1. The van der Waals surface area contributed by atoms with Crippen molar-refractivity contribution in [3.63, 3.8) is 0 Å². The lowest BCUT2D eigenvalue weighted by molar-refractivity contribution is -0.614. The fourth-order valence-electron chi connectivity index (χ4n) is 8.82. The van der Waals surface area contributed by atoms with Crippen LogP contribution in [0.4, 0.5) is 0 Å². The number of likely N-dealkylation sites (tertiary alicyclic amines) is 1. The molecule has 5 aromatic rings. The normalized spacial score (nSPS) is 16.3. The second-order valence-electron chi connectivity index (χ2n) is 19.6. The van der Waals surface area contributed by atoms with Gasteiger partial charge in [-0.2, -0.15) is 4.73 Å². The van der Waals surface area contributed by atoms with Crippen molar-refractivity contribution in [2.24, 2.45) is 13.0 Å². The van der Waals surface area contributed by atoms with Crippen molar-refractivity contribution in [1.82, 2.24) is 34.9 Å². The molecule has 3 heterocycles. The number of imidazole rings is 1. The Hall–Kier alpha value is -6.04. The highest BCUT2D eigenvalue weighted by molar-refractivity contribution is 6.31. The molecule has 4 unspecified atom stereocenters. The van der Waals surface area contributed by atoms with Crippen molar-refractivity contribution in [3.05, 3.63) is 135 Å². The summed E-state index contributed by atoms with van der Waals surface area (Å²) >= 11 is 12.7. The molecule has 0 saturated carbocycles. The summed E-state index contributed by atoms with van der Waals surface area (Å²) in [6.07, 6.45) is 4.17. The molecule has 6 rings (SSSR count). The number of carbonyl (C=O) groups is 4. The molecule has 1 aliphatic heterocycles. The van der Waals surface area contributed by atoms with Crippen LogP contribution in [0.5, 0.6) is 11.5 Å². The third-order valence-electron chi connectivity index (χ3n) is 12.6. The standard InChI is InChI=1S/C53H66Cl2N8O8/c1-35(56-30-38-15-20-41(55)28-46(38)70-43-21-16-37(17-22-43)45-31-57-47(60(45)7)32-59(5)6)49(66)58-44(33-64)51(68)61(8)53(29-36-13-18-40(54)19-14-36)23-11-24-62(34-53)50(67)39(27-48(65)71-52(2,3)4)26-42-12-9-10-25-63(42)69/h9-10,12-22,25,28,31,35,39,44,56,64H,11,23-24,26-27,29-30,32-34H2,1-8H3,(H,58,66). The van der Waals surface area contributed by atoms with Crippen molar-refractivity contribution in [2.75, 3.05) is 40.8 Å². The first-order valence-corrected chi connectivity index (χ1v) is 24.5. The quantitative estimate of drug-likeness (QED) is 0.0440. The molecule has 16 nitrogen and oxygen atoms in total. The van der Waals surface area contributed by atoms with Crippen molar-refractivity contribution in [3.8, 4) is 22.8 Å². The highest BCUT2D eigenvalue weighted by atomic mass is 35.5. The number of amides is 3. The molecule has 4 atom stereocenters. The van der Waals surface area contributed by atoms with Gasteiger partial charge in [-0.05, 0) is 115 Å². The maximum Gasteiger partial charge on any atom is 0.307 e. The molecule has 380 valence electrons. The number of carbonyl (C=O) groups excluding carboxylic acids is 4. The molecule has 3 amide bonds. The minimum absolute atomic E-state index is 0.0192. The average Bonchev–Trinajstić information content (AvgIpc) is 3.68. The fraction of sp³-hybridized carbons (Fsp3) is 0.434. The molecule has 3 aromatic carbocycles. The van der Waals surface area contributed by atoms with Crippen molar-refractivity contribution >= 4 is 46.9 Å². The molecule has 2 aromatic heterocycles. The first kappa shape index (κ1) is 54.3. The number of benzene rings is 3. The van der Waals surface area contributed by atoms with E-state index in [0.717, 1.165) is 28.2 Å². The summed E-state index contributed by atoms with van der Waals surface area (Å²) in [6, 6.07) is 22.8. The summed E-state index contributed by atoms with van der Waals surface area (Å²) in [5, 5.41) is 30.4. The Labute approximate surface area is 426 Å². The number of rotatable bonds is 20. The minimum atomic E-state index is -1.33. The van der Waals surface area contributed by atoms with Gasteiger partial charge in [0, 0.05) is 73.5 Å². The molecule has 3 N–H and O–H groups in total. The summed E-state index contributed by atoms with van der Waals surface area (Å²) in [5.74, 6) is -0.970. The van der Waals surface area contributed by atoms with E-state index in [-0.39, 0.29) is 31.8 Å². The lowest BCUT2D eigenvalue weighted by Gasteiger charge is -2.49. The summed E-state index contributed by atoms with van der Waals surface area (Å²) in [5.41, 5.74) is 2.00. The first-order chi connectivity index (χ1) is 33.6. The zero-order chi connectivity index (χ0) is 51.6. The van der Waals surface area contributed by atoms with Gasteiger partial charge in [-0.1, -0.05) is 47.5 Å². The monoisotopic (exact) mass is 1010 g/mol. The number of piperidine rings is 1. The second-order valence-corrected chi connectivity index (χ2v) is 20.5. The zero-order valence-corrected chi connectivity index (χ0v) is 43.3. The zero-order valence-electron chi connectivity index (χ0n) is 41.8. The van der Waals surface area contributed by atoms with E-state index in [1.807, 2.05) is 63.7 Å². The molecule has 1 saturated heterocycles. The SMILES string of the molecule is CC(NCc1ccc(Cl)cc1Oc1ccc(-c2cnc(CN(C)C)n2C)cc1)C(=O)NC(CO)C(=O)N(C)C1(Cc2ccc(Cl)cc2)CCCN(C(=O)C(CC(=O)OC(C)(C)C)Cc2cccc[n+]2[O-])C1. The number of likely N-dealkylation sites (N-methyl/N-ethyl adjacent to an activating group) is 1. The number of nitrogens with one attached hydrogen (secondary N) is 2. The van der Waals surface area contributed by atoms with Crippen molar-refractivity contribution in [2.45, 2.75) is 96.1 Å². The van der Waals surface area contributed by atoms with Crippen LogP contribution in [0.15, 0.2) is 97.3 Å². The van der Waals surface area contributed by atoms with E-state index in [1.54, 1.807) is 88.2 Å². The van der Waals surface area contributed by atoms with E-state index in [1.165, 1.54) is 11.1 Å². The van der Waals surface area contributed by atoms with Crippen LogP contribution < -0.4 is 20.1 Å². The van der Waals surface area contributed by atoms with Gasteiger partial charge >= 0.3 is 5.97 Å². The molecule has 0 spiro atoms. The molecule has 18 heteroatoms. The van der Waals surface area contributed by atoms with Gasteiger partial charge in [-0.25, -0.2) is 4.98 Å². The van der Waals surface area contributed by atoms with Crippen LogP contribution in [-0.4, -0.2) is 117 Å². The molecular formula is C53H66Cl2N8O8. The minimum Gasteiger partial charge on any atom is -0.619 e. The van der Waals surface area contributed by atoms with E-state index in [4.69, 9.17) is 32.7 Å². The van der Waals surface area contributed by atoms with Crippen LogP contribution in [-0.2, 0) is 56.9 Å². The maximum absolute atomic E-state index is 14.7. The van der Waals surface area contributed by atoms with E-state index in [0.29, 0.717) is 64.3 Å². The number of pyridine rings is 1. The molecule has 0 radical (unpaired) electrons. The number of aromatic nitrogens is 3. The van der Waals surface area contributed by atoms with Gasteiger partial charge in [0.15, 0.2) is 11.9 Å². The van der Waals surface area contributed by atoms with Gasteiger partial charge < -0.3 is 49.7 Å². The topological polar surface area (TPSA) is 186 Å². The van der Waals surface area contributed by atoms with E-state index in [9.17, 15) is 29.5 Å². The Morgan fingerprint density at radius 3 is 2.35 bits per heavy atom. The lowest BCUT2D eigenvalue weighted by atomic mass is 9.80. The van der Waals surface area contributed by atoms with Gasteiger partial charge in [0.25, 0.3) is 0 Å². The van der Waals surface area contributed by atoms with E-state index in [2.05, 4.69) is 25.1 Å². The Bertz CT molecular complexity index is 2640. The van der Waals surface area contributed by atoms with Crippen LogP contribution in [0, 0.1) is 11.1 Å². The molecule has 1 aliphatic rings. The average molecular weight is 1010 g/mol. The highest BCUT2D eigenvalue weighted by Gasteiger charge is 2.45. The molecule has 71 heavy (non-hydrogen) atoms. The van der Waals surface area contributed by atoms with Crippen molar-refractivity contribution in [1.29, 1.82) is 0 Å². The predicted molar refractivity (Wildman–Crippen MR) is 272 cm³/mol. The number of aliphatic hydroxyl groups is 1. The summed E-state index contributed by atoms with van der Waals surface area (Å²) in [4.78, 5) is 66.1. The van der Waals surface area contributed by atoms with E-state index < -0.39 is 53.5 Å². The summed E-state index contributed by atoms with van der Waals surface area (Å²) < 4.78 is 14.7. The van der Waals surface area contributed by atoms with Gasteiger partial charge in [0.05, 0.1) is 49.0 Å². The second kappa shape index (κ2) is 23.9. The Morgan fingerprint density at radius 2 is 1.69 bits per heavy atom. The fourth-order valence-corrected chi connectivity index (χ4v) is 9.11. The van der Waals surface area contributed by atoms with E-state index >= 15 is 0 Å². The third-order valence-corrected chi connectivity index (χ3v) is 13.1. The third kappa shape index (κ3) is 14.5. The summed E-state index contributed by atoms with van der Waals surface area (Å²) in [7, 11) is 7.60. The van der Waals surface area contributed by atoms with Crippen molar-refractivity contribution < 1.29 is 38.5 Å². The van der Waals surface area contributed by atoms with Gasteiger partial charge in [-0.15, -0.1) is 0 Å². The number of halogens is 2. The van der Waals surface area contributed by atoms with Crippen LogP contribution in [0.3, 0.4) is 0 Å². The van der Waals surface area contributed by atoms with Gasteiger partial charge in [0.2, 0.25) is 17.7 Å². The maximum atomic E-state index is 14.7. The molecule has 1 fully saturated rings. The Morgan fingerprint density at radius 1 is 0.986 bits per heavy atom. The van der Waals surface area contributed by atoms with Crippen LogP contribution in [0.2, 0.25) is 10.0 Å². The largest absolute Gasteiger partial charge is 0.619 e. The molecule has 0 bridgehead atoms. The smallest absolute Gasteiger partial charge is 0.307 e. The Kier molecular flexibility index (Phi) is 18.3.